The number of rotatable bonds is 6. The van der Waals surface area contributed by atoms with Gasteiger partial charge in [0.1, 0.15) is 0 Å². The molecule has 8 nitrogen and oxygen atoms in total. The number of aromatic amines is 1. The topological polar surface area (TPSA) is 79.9 Å². The van der Waals surface area contributed by atoms with Crippen LogP contribution in [0.25, 0.3) is 0 Å². The summed E-state index contributed by atoms with van der Waals surface area (Å²) in [6, 6.07) is 3.93. The number of anilines is 1. The summed E-state index contributed by atoms with van der Waals surface area (Å²) in [6.45, 7) is 2.34. The number of hydrogen-bond acceptors (Lipinski definition) is 7. The van der Waals surface area contributed by atoms with E-state index >= 15 is 0 Å². The molecule has 1 aromatic carbocycles. The molecule has 0 unspecified atom stereocenters. The van der Waals surface area contributed by atoms with Crippen LogP contribution < -0.4 is 24.7 Å². The zero-order valence-corrected chi connectivity index (χ0v) is 17.2. The normalized spacial score (nSPS) is 14.2. The van der Waals surface area contributed by atoms with Crippen molar-refractivity contribution in [1.82, 2.24) is 14.9 Å². The van der Waals surface area contributed by atoms with E-state index in [2.05, 4.69) is 14.9 Å². The zero-order chi connectivity index (χ0) is 20.3. The van der Waals surface area contributed by atoms with E-state index in [1.807, 2.05) is 31.1 Å². The average Bonchev–Trinajstić information content (AvgIpc) is 2.89. The van der Waals surface area contributed by atoms with Crippen LogP contribution in [0.5, 0.6) is 17.2 Å². The molecule has 0 fully saturated rings. The number of nitrogens with one attached hydrogen (secondary N) is 1. The number of nitrogens with zero attached hydrogens (tertiary/aromatic N) is 3. The third-order valence-electron chi connectivity index (χ3n) is 4.99. The molecule has 0 saturated carbocycles. The largest absolute Gasteiger partial charge is 0.493 e. The second-order valence-corrected chi connectivity index (χ2v) is 7.02. The van der Waals surface area contributed by atoms with Gasteiger partial charge in [-0.15, -0.1) is 0 Å². The molecule has 3 rings (SSSR count). The van der Waals surface area contributed by atoms with Crippen molar-refractivity contribution >= 4 is 5.95 Å². The van der Waals surface area contributed by atoms with Crippen LogP contribution in [0.15, 0.2) is 16.9 Å². The van der Waals surface area contributed by atoms with E-state index < -0.39 is 0 Å². The molecule has 0 spiro atoms. The summed E-state index contributed by atoms with van der Waals surface area (Å²) in [5.41, 5.74) is 2.71. The van der Waals surface area contributed by atoms with Crippen molar-refractivity contribution in [3.8, 4) is 17.2 Å². The van der Waals surface area contributed by atoms with Crippen molar-refractivity contribution in [1.29, 1.82) is 0 Å². The van der Waals surface area contributed by atoms with Crippen LogP contribution >= 0.6 is 0 Å². The minimum absolute atomic E-state index is 0.0386. The molecule has 1 N–H and O–H groups in total. The number of hydrogen-bond donors (Lipinski definition) is 1. The number of H-pyrrole nitrogens is 1. The van der Waals surface area contributed by atoms with Crippen LogP contribution in [0.3, 0.4) is 0 Å². The van der Waals surface area contributed by atoms with Gasteiger partial charge in [0.2, 0.25) is 11.7 Å². The van der Waals surface area contributed by atoms with E-state index in [4.69, 9.17) is 14.2 Å². The van der Waals surface area contributed by atoms with Gasteiger partial charge in [-0.2, -0.15) is 0 Å². The van der Waals surface area contributed by atoms with Gasteiger partial charge < -0.3 is 19.1 Å². The van der Waals surface area contributed by atoms with E-state index in [0.717, 1.165) is 42.9 Å². The standard InChI is InChI=1S/C20H28N4O4/c1-23(2)20-21-15-7-9-24(8-6-14(15)19(25)22-20)12-13-10-16(26-3)18(28-5)17(11-13)27-4/h10-11H,6-9,12H2,1-5H3,(H,21,22,25). The number of benzene rings is 1. The van der Waals surface area contributed by atoms with Gasteiger partial charge in [-0.3, -0.25) is 14.7 Å². The predicted octanol–water partition coefficient (Wildman–Crippen LogP) is 1.46. The van der Waals surface area contributed by atoms with Gasteiger partial charge in [-0.25, -0.2) is 4.98 Å². The fraction of sp³-hybridized carbons (Fsp3) is 0.500. The van der Waals surface area contributed by atoms with Crippen LogP contribution in [0, 0.1) is 0 Å². The Bertz CT molecular complexity index is 869. The summed E-state index contributed by atoms with van der Waals surface area (Å²) < 4.78 is 16.3. The first-order chi connectivity index (χ1) is 13.5. The first-order valence-corrected chi connectivity index (χ1v) is 9.27. The molecule has 2 aromatic rings. The van der Waals surface area contributed by atoms with Crippen molar-refractivity contribution in [2.24, 2.45) is 0 Å². The van der Waals surface area contributed by atoms with Gasteiger partial charge in [0.25, 0.3) is 5.56 Å². The molecule has 0 aliphatic carbocycles. The zero-order valence-electron chi connectivity index (χ0n) is 17.2. The molecule has 1 aromatic heterocycles. The molecule has 0 bridgehead atoms. The van der Waals surface area contributed by atoms with E-state index in [0.29, 0.717) is 29.6 Å². The Morgan fingerprint density at radius 1 is 1.07 bits per heavy atom. The van der Waals surface area contributed by atoms with Gasteiger partial charge in [0, 0.05) is 45.7 Å². The van der Waals surface area contributed by atoms with Gasteiger partial charge in [0.05, 0.1) is 27.0 Å². The minimum Gasteiger partial charge on any atom is -0.493 e. The van der Waals surface area contributed by atoms with Crippen molar-refractivity contribution in [3.05, 3.63) is 39.3 Å². The maximum atomic E-state index is 12.5. The van der Waals surface area contributed by atoms with Crippen LogP contribution in [0.1, 0.15) is 16.8 Å². The van der Waals surface area contributed by atoms with Crippen LogP contribution in [-0.2, 0) is 19.4 Å². The van der Waals surface area contributed by atoms with Crippen molar-refractivity contribution in [2.45, 2.75) is 19.4 Å². The van der Waals surface area contributed by atoms with Crippen LogP contribution in [0.4, 0.5) is 5.95 Å². The highest BCUT2D eigenvalue weighted by molar-refractivity contribution is 5.53. The fourth-order valence-corrected chi connectivity index (χ4v) is 3.50. The summed E-state index contributed by atoms with van der Waals surface area (Å²) in [6.07, 6.45) is 1.42. The Kier molecular flexibility index (Phi) is 6.08. The first kappa shape index (κ1) is 20.0. The summed E-state index contributed by atoms with van der Waals surface area (Å²) in [5, 5.41) is 0. The second-order valence-electron chi connectivity index (χ2n) is 7.02. The van der Waals surface area contributed by atoms with Crippen LogP contribution in [-0.4, -0.2) is 63.4 Å². The van der Waals surface area contributed by atoms with Gasteiger partial charge >= 0.3 is 0 Å². The monoisotopic (exact) mass is 388 g/mol. The smallest absolute Gasteiger partial charge is 0.255 e. The maximum Gasteiger partial charge on any atom is 0.255 e. The minimum atomic E-state index is -0.0386. The average molecular weight is 388 g/mol. The summed E-state index contributed by atoms with van der Waals surface area (Å²) in [4.78, 5) is 24.1. The van der Waals surface area contributed by atoms with Gasteiger partial charge in [0.15, 0.2) is 11.5 Å². The molecular weight excluding hydrogens is 360 g/mol. The van der Waals surface area contributed by atoms with Crippen molar-refractivity contribution in [2.75, 3.05) is 53.4 Å². The summed E-state index contributed by atoms with van der Waals surface area (Å²) >= 11 is 0. The lowest BCUT2D eigenvalue weighted by Crippen LogP contribution is -2.26. The first-order valence-electron chi connectivity index (χ1n) is 9.27. The third-order valence-corrected chi connectivity index (χ3v) is 4.99. The third kappa shape index (κ3) is 4.06. The van der Waals surface area contributed by atoms with E-state index in [1.54, 1.807) is 21.3 Å². The Morgan fingerprint density at radius 2 is 1.71 bits per heavy atom. The quantitative estimate of drug-likeness (QED) is 0.802. The lowest BCUT2D eigenvalue weighted by Gasteiger charge is -2.21. The van der Waals surface area contributed by atoms with E-state index in [1.165, 1.54) is 0 Å². The number of methoxy groups -OCH3 is 3. The molecule has 0 radical (unpaired) electrons. The molecule has 8 heteroatoms. The molecule has 152 valence electrons. The van der Waals surface area contributed by atoms with Gasteiger partial charge in [-0.1, -0.05) is 0 Å². The highest BCUT2D eigenvalue weighted by atomic mass is 16.5. The molecule has 28 heavy (non-hydrogen) atoms. The number of fused-ring (bicyclic) bond motifs is 1. The second kappa shape index (κ2) is 8.52. The fourth-order valence-electron chi connectivity index (χ4n) is 3.50. The highest BCUT2D eigenvalue weighted by Gasteiger charge is 2.20. The number of aromatic nitrogens is 2. The molecule has 0 atom stereocenters. The van der Waals surface area contributed by atoms with Crippen molar-refractivity contribution < 1.29 is 14.2 Å². The molecule has 1 aliphatic heterocycles. The molecule has 1 aliphatic rings. The SMILES string of the molecule is COc1cc(CN2CCc3nc(N(C)C)[nH]c(=O)c3CC2)cc(OC)c1OC. The molecule has 0 amide bonds. The number of ether oxygens (including phenoxy) is 3. The highest BCUT2D eigenvalue weighted by Crippen LogP contribution is 2.38. The Labute approximate surface area is 165 Å². The Balaban J connectivity index is 1.80. The molecular formula is C20H28N4O4. The predicted molar refractivity (Wildman–Crippen MR) is 108 cm³/mol. The Hall–Kier alpha value is -2.74. The van der Waals surface area contributed by atoms with Crippen LogP contribution in [0.2, 0.25) is 0 Å². The summed E-state index contributed by atoms with van der Waals surface area (Å²) in [5.74, 6) is 2.47. The lowest BCUT2D eigenvalue weighted by molar-refractivity contribution is 0.276. The van der Waals surface area contributed by atoms with Gasteiger partial charge in [-0.05, 0) is 24.1 Å². The molecule has 0 saturated heterocycles. The van der Waals surface area contributed by atoms with E-state index in [9.17, 15) is 4.79 Å². The Morgan fingerprint density at radius 3 is 2.29 bits per heavy atom. The summed E-state index contributed by atoms with van der Waals surface area (Å²) in [7, 11) is 8.57. The van der Waals surface area contributed by atoms with Crippen molar-refractivity contribution in [3.63, 3.8) is 0 Å². The lowest BCUT2D eigenvalue weighted by atomic mass is 10.1. The van der Waals surface area contributed by atoms with E-state index in [-0.39, 0.29) is 5.56 Å². The molecule has 2 heterocycles. The maximum absolute atomic E-state index is 12.5.